The molecule has 46 heavy (non-hydrogen) atoms. The number of hydrogen-bond acceptors (Lipinski definition) is 10. The Bertz CT molecular complexity index is 2250. The summed E-state index contributed by atoms with van der Waals surface area (Å²) in [5.41, 5.74) is 2.10. The molecule has 2 aliphatic heterocycles. The van der Waals surface area contributed by atoms with Gasteiger partial charge in [-0.2, -0.15) is 0 Å². The first-order valence-corrected chi connectivity index (χ1v) is 15.7. The molecule has 0 radical (unpaired) electrons. The van der Waals surface area contributed by atoms with Crippen molar-refractivity contribution in [2.75, 3.05) is 13.4 Å². The van der Waals surface area contributed by atoms with Crippen molar-refractivity contribution in [2.24, 2.45) is 4.99 Å². The van der Waals surface area contributed by atoms with E-state index in [-0.39, 0.29) is 30.2 Å². The second-order valence-electron chi connectivity index (χ2n) is 10.2. The predicted octanol–water partition coefficient (Wildman–Crippen LogP) is 5.60. The highest BCUT2D eigenvalue weighted by atomic mass is 79.9. The number of fused-ring (bicyclic) bond motifs is 2. The van der Waals surface area contributed by atoms with E-state index in [2.05, 4.69) is 15.9 Å². The first-order chi connectivity index (χ1) is 22.3. The number of aromatic nitrogens is 1. The van der Waals surface area contributed by atoms with Gasteiger partial charge in [0, 0.05) is 33.8 Å². The molecule has 1 atom stereocenters. The van der Waals surface area contributed by atoms with Crippen LogP contribution in [-0.2, 0) is 9.53 Å². The molecule has 0 N–H and O–H groups in total. The van der Waals surface area contributed by atoms with Crippen molar-refractivity contribution in [3.05, 3.63) is 136 Å². The van der Waals surface area contributed by atoms with Crippen molar-refractivity contribution in [3.63, 3.8) is 0 Å². The molecule has 0 aliphatic carbocycles. The van der Waals surface area contributed by atoms with Gasteiger partial charge in [-0.05, 0) is 58.7 Å². The van der Waals surface area contributed by atoms with Crippen molar-refractivity contribution >= 4 is 50.7 Å². The molecule has 3 aromatic carbocycles. The molecule has 0 spiro atoms. The number of thiazole rings is 1. The summed E-state index contributed by atoms with van der Waals surface area (Å²) in [6.45, 7) is 1.92. The molecule has 2 aliphatic rings. The third-order valence-corrected chi connectivity index (χ3v) is 9.05. The first-order valence-electron chi connectivity index (χ1n) is 14.0. The lowest BCUT2D eigenvalue weighted by molar-refractivity contribution is -0.384. The lowest BCUT2D eigenvalue weighted by atomic mass is 9.93. The molecule has 11 nitrogen and oxygen atoms in total. The minimum absolute atomic E-state index is 0.0578. The van der Waals surface area contributed by atoms with Crippen LogP contribution in [0.1, 0.15) is 29.9 Å². The molecule has 7 rings (SSSR count). The third-order valence-electron chi connectivity index (χ3n) is 7.42. The summed E-state index contributed by atoms with van der Waals surface area (Å²) in [6, 6.07) is 21.5. The van der Waals surface area contributed by atoms with Gasteiger partial charge >= 0.3 is 5.97 Å². The summed E-state index contributed by atoms with van der Waals surface area (Å²) >= 11 is 4.54. The average molecular weight is 701 g/mol. The van der Waals surface area contributed by atoms with E-state index in [1.165, 1.54) is 16.7 Å². The Hall–Kier alpha value is -5.27. The van der Waals surface area contributed by atoms with E-state index in [4.69, 9.17) is 23.6 Å². The van der Waals surface area contributed by atoms with Gasteiger partial charge in [-0.3, -0.25) is 19.5 Å². The zero-order valence-electron chi connectivity index (χ0n) is 24.0. The number of carbonyl (C=O) groups is 1. The molecule has 0 saturated heterocycles. The number of carbonyl (C=O) groups excluding carboxylic acids is 1. The lowest BCUT2D eigenvalue weighted by Crippen LogP contribution is -2.40. The Balaban J connectivity index is 1.40. The van der Waals surface area contributed by atoms with Crippen LogP contribution in [0.15, 0.2) is 103 Å². The van der Waals surface area contributed by atoms with Crippen LogP contribution in [0.3, 0.4) is 0 Å². The van der Waals surface area contributed by atoms with Gasteiger partial charge in [0.2, 0.25) is 6.79 Å². The molecule has 2 aromatic heterocycles. The fourth-order valence-corrected chi connectivity index (χ4v) is 6.90. The fraction of sp³-hybridized carbons (Fsp3) is 0.121. The highest BCUT2D eigenvalue weighted by Crippen LogP contribution is 2.40. The van der Waals surface area contributed by atoms with Crippen molar-refractivity contribution < 1.29 is 28.3 Å². The van der Waals surface area contributed by atoms with E-state index < -0.39 is 16.9 Å². The second-order valence-corrected chi connectivity index (χ2v) is 12.0. The van der Waals surface area contributed by atoms with Gasteiger partial charge in [-0.1, -0.05) is 47.7 Å². The van der Waals surface area contributed by atoms with E-state index in [0.29, 0.717) is 59.2 Å². The smallest absolute Gasteiger partial charge is 0.338 e. The highest BCUT2D eigenvalue weighted by molar-refractivity contribution is 9.10. The summed E-state index contributed by atoms with van der Waals surface area (Å²) in [6.07, 6.45) is 1.61. The van der Waals surface area contributed by atoms with E-state index in [1.54, 1.807) is 49.4 Å². The zero-order valence-corrected chi connectivity index (χ0v) is 26.4. The van der Waals surface area contributed by atoms with Crippen LogP contribution >= 0.6 is 27.3 Å². The van der Waals surface area contributed by atoms with Crippen LogP contribution in [0.5, 0.6) is 11.5 Å². The largest absolute Gasteiger partial charge is 0.463 e. The van der Waals surface area contributed by atoms with Crippen LogP contribution in [0, 0.1) is 10.1 Å². The molecule has 0 bridgehead atoms. The van der Waals surface area contributed by atoms with Gasteiger partial charge in [0.15, 0.2) is 16.3 Å². The Morgan fingerprint density at radius 3 is 2.67 bits per heavy atom. The quantitative estimate of drug-likeness (QED) is 0.122. The van der Waals surface area contributed by atoms with E-state index in [1.807, 2.05) is 30.3 Å². The van der Waals surface area contributed by atoms with Crippen LogP contribution in [0.4, 0.5) is 5.69 Å². The summed E-state index contributed by atoms with van der Waals surface area (Å²) in [5.74, 6) is 1.32. The van der Waals surface area contributed by atoms with Crippen LogP contribution in [0.2, 0.25) is 0 Å². The normalized spacial score (nSPS) is 15.4. The Labute approximate surface area is 272 Å². The maximum absolute atomic E-state index is 14.2. The van der Waals surface area contributed by atoms with E-state index >= 15 is 0 Å². The molecule has 4 heterocycles. The monoisotopic (exact) mass is 699 g/mol. The zero-order chi connectivity index (χ0) is 31.9. The van der Waals surface area contributed by atoms with Crippen LogP contribution in [-0.4, -0.2) is 28.9 Å². The number of benzene rings is 3. The number of ether oxygens (including phenoxy) is 3. The number of non-ortho nitro benzene ring substituents is 1. The van der Waals surface area contributed by atoms with Crippen molar-refractivity contribution in [2.45, 2.75) is 13.0 Å². The third kappa shape index (κ3) is 5.22. The topological polar surface area (TPSA) is 135 Å². The average Bonchev–Trinajstić information content (AvgIpc) is 3.80. The van der Waals surface area contributed by atoms with E-state index in [9.17, 15) is 19.7 Å². The number of nitro groups is 1. The number of rotatable bonds is 7. The molecule has 5 aromatic rings. The summed E-state index contributed by atoms with van der Waals surface area (Å²) in [4.78, 5) is 43.8. The van der Waals surface area contributed by atoms with Crippen molar-refractivity contribution in [3.8, 4) is 22.8 Å². The number of esters is 1. The summed E-state index contributed by atoms with van der Waals surface area (Å²) in [5, 5.41) is 11.2. The highest BCUT2D eigenvalue weighted by Gasteiger charge is 2.36. The lowest BCUT2D eigenvalue weighted by Gasteiger charge is -2.26. The Morgan fingerprint density at radius 1 is 1.11 bits per heavy atom. The number of furan rings is 1. The predicted molar refractivity (Wildman–Crippen MR) is 172 cm³/mol. The van der Waals surface area contributed by atoms with Crippen molar-refractivity contribution in [1.82, 2.24) is 4.57 Å². The maximum atomic E-state index is 14.2. The van der Waals surface area contributed by atoms with E-state index in [0.717, 1.165) is 11.3 Å². The summed E-state index contributed by atoms with van der Waals surface area (Å²) < 4.78 is 25.0. The minimum Gasteiger partial charge on any atom is -0.463 e. The van der Waals surface area contributed by atoms with Crippen molar-refractivity contribution in [1.29, 1.82) is 0 Å². The van der Waals surface area contributed by atoms with Gasteiger partial charge in [-0.25, -0.2) is 9.79 Å². The second kappa shape index (κ2) is 11.9. The van der Waals surface area contributed by atoms with Gasteiger partial charge in [0.25, 0.3) is 11.2 Å². The molecule has 0 saturated carbocycles. The molecule has 230 valence electrons. The molecule has 0 amide bonds. The standard InChI is InChI=1S/C33H22BrN3O8S/c1-2-42-32(39)28-29(18-6-4-3-5-7-18)35-33-36(30(28)19-8-12-25-26(14-19)44-17-43-25)31(38)27(46-33)16-21-10-13-24(45-21)22-11-9-20(37(40)41)15-23(22)34/h3-16,30H,2,17H2,1H3/b27-16-/t30-/m0/s1. The Kier molecular flexibility index (Phi) is 7.62. The minimum atomic E-state index is -0.884. The maximum Gasteiger partial charge on any atom is 0.338 e. The first kappa shape index (κ1) is 29.4. The molecular weight excluding hydrogens is 678 g/mol. The van der Waals surface area contributed by atoms with Gasteiger partial charge in [0.1, 0.15) is 11.5 Å². The SMILES string of the molecule is CCOC(=O)C1=C(c2ccccc2)N=c2s/c(=C\c3ccc(-c4ccc([N+](=O)[O-])cc4Br)o3)c(=O)n2[C@H]1c1ccc2c(c1)OCO2. The molecule has 0 unspecified atom stereocenters. The van der Waals surface area contributed by atoms with Gasteiger partial charge in [0.05, 0.1) is 33.4 Å². The molecular formula is C33H22BrN3O8S. The van der Waals surface area contributed by atoms with Gasteiger partial charge < -0.3 is 18.6 Å². The number of halogens is 1. The van der Waals surface area contributed by atoms with Crippen LogP contribution in [0.25, 0.3) is 23.1 Å². The number of nitro benzene ring substituents is 1. The molecule has 0 fully saturated rings. The fourth-order valence-electron chi connectivity index (χ4n) is 5.36. The van der Waals surface area contributed by atoms with Gasteiger partial charge in [-0.15, -0.1) is 0 Å². The summed E-state index contributed by atoms with van der Waals surface area (Å²) in [7, 11) is 0. The van der Waals surface area contributed by atoms with Crippen LogP contribution < -0.4 is 24.4 Å². The number of hydrogen-bond donors (Lipinski definition) is 0. The molecule has 13 heteroatoms. The Morgan fingerprint density at radius 2 is 1.91 bits per heavy atom. The number of nitrogens with zero attached hydrogens (tertiary/aromatic N) is 3.